The average Bonchev–Trinajstić information content (AvgIpc) is 3.10. The Kier molecular flexibility index (Phi) is 5.78. The van der Waals surface area contributed by atoms with E-state index in [1.807, 2.05) is 6.07 Å². The van der Waals surface area contributed by atoms with Crippen molar-refractivity contribution in [3.8, 4) is 11.8 Å². The van der Waals surface area contributed by atoms with E-state index in [-0.39, 0.29) is 12.1 Å². The second kappa shape index (κ2) is 8.25. The summed E-state index contributed by atoms with van der Waals surface area (Å²) in [7, 11) is 0. The van der Waals surface area contributed by atoms with Crippen molar-refractivity contribution in [3.05, 3.63) is 72.2 Å². The number of benzene rings is 1. The minimum Gasteiger partial charge on any atom is -0.490 e. The number of rotatable bonds is 7. The Hall–Kier alpha value is -3.26. The minimum absolute atomic E-state index is 0.0244. The lowest BCUT2D eigenvalue weighted by Gasteiger charge is -2.04. The molecule has 0 bridgehead atoms. The van der Waals surface area contributed by atoms with Gasteiger partial charge in [-0.2, -0.15) is 5.26 Å². The Bertz CT molecular complexity index is 723. The molecule has 0 aliphatic heterocycles. The zero-order chi connectivity index (χ0) is 16.5. The summed E-state index contributed by atoms with van der Waals surface area (Å²) < 4.78 is 10.5. The van der Waals surface area contributed by atoms with Gasteiger partial charge in [0.05, 0.1) is 12.8 Å². The van der Waals surface area contributed by atoms with Gasteiger partial charge < -0.3 is 14.5 Å². The Morgan fingerprint density at radius 2 is 2.13 bits per heavy atom. The van der Waals surface area contributed by atoms with Gasteiger partial charge in [0.1, 0.15) is 29.8 Å². The summed E-state index contributed by atoms with van der Waals surface area (Å²) >= 11 is 0. The fraction of sp³-hybridized carbons (Fsp3) is 0.111. The van der Waals surface area contributed by atoms with Gasteiger partial charge in [0, 0.05) is 0 Å². The van der Waals surface area contributed by atoms with E-state index in [0.29, 0.717) is 18.1 Å². The normalized spacial score (nSPS) is 10.7. The number of amides is 1. The van der Waals surface area contributed by atoms with Gasteiger partial charge in [-0.15, -0.1) is 0 Å². The molecule has 0 saturated carbocycles. The van der Waals surface area contributed by atoms with E-state index in [4.69, 9.17) is 14.4 Å². The molecule has 0 radical (unpaired) electrons. The second-order valence-corrected chi connectivity index (χ2v) is 4.60. The van der Waals surface area contributed by atoms with E-state index >= 15 is 0 Å². The molecule has 0 saturated heterocycles. The Labute approximate surface area is 134 Å². The number of carbonyl (C=O) groups is 1. The molecule has 1 aromatic heterocycles. The molecule has 5 heteroatoms. The van der Waals surface area contributed by atoms with Gasteiger partial charge in [0.15, 0.2) is 0 Å². The molecular weight excluding hydrogens is 292 g/mol. The number of nitriles is 1. The van der Waals surface area contributed by atoms with Crippen molar-refractivity contribution in [2.75, 3.05) is 6.61 Å². The van der Waals surface area contributed by atoms with E-state index in [0.717, 1.165) is 5.56 Å². The molecular formula is C18H16N2O3. The lowest BCUT2D eigenvalue weighted by atomic mass is 10.1. The predicted molar refractivity (Wildman–Crippen MR) is 86.3 cm³/mol. The number of ether oxygens (including phenoxy) is 1. The van der Waals surface area contributed by atoms with Crippen molar-refractivity contribution in [3.63, 3.8) is 0 Å². The molecule has 0 aliphatic carbocycles. The van der Waals surface area contributed by atoms with Crippen LogP contribution in [0.3, 0.4) is 0 Å². The lowest BCUT2D eigenvalue weighted by molar-refractivity contribution is -0.117. The van der Waals surface area contributed by atoms with Gasteiger partial charge in [-0.3, -0.25) is 4.79 Å². The van der Waals surface area contributed by atoms with Gasteiger partial charge in [0.2, 0.25) is 0 Å². The number of hydrogen-bond donors (Lipinski definition) is 1. The Morgan fingerprint density at radius 1 is 1.35 bits per heavy atom. The molecule has 2 rings (SSSR count). The highest BCUT2D eigenvalue weighted by molar-refractivity contribution is 6.01. The zero-order valence-electron chi connectivity index (χ0n) is 12.5. The molecule has 1 heterocycles. The maximum atomic E-state index is 12.0. The van der Waals surface area contributed by atoms with E-state index in [2.05, 4.69) is 11.9 Å². The summed E-state index contributed by atoms with van der Waals surface area (Å²) in [6, 6.07) is 12.5. The maximum Gasteiger partial charge on any atom is 0.262 e. The van der Waals surface area contributed by atoms with Gasteiger partial charge in [-0.05, 0) is 35.9 Å². The van der Waals surface area contributed by atoms with Crippen molar-refractivity contribution in [2.45, 2.75) is 6.54 Å². The van der Waals surface area contributed by atoms with Gasteiger partial charge in [-0.25, -0.2) is 0 Å². The molecule has 23 heavy (non-hydrogen) atoms. The molecule has 1 amide bonds. The van der Waals surface area contributed by atoms with E-state index in [1.54, 1.807) is 42.5 Å². The summed E-state index contributed by atoms with van der Waals surface area (Å²) in [5.41, 5.74) is 0.761. The number of nitrogens with zero attached hydrogens (tertiary/aromatic N) is 1. The van der Waals surface area contributed by atoms with Gasteiger partial charge >= 0.3 is 0 Å². The Balaban J connectivity index is 2.01. The fourth-order valence-corrected chi connectivity index (χ4v) is 1.81. The lowest BCUT2D eigenvalue weighted by Crippen LogP contribution is -2.23. The predicted octanol–water partition coefficient (Wildman–Crippen LogP) is 3.07. The summed E-state index contributed by atoms with van der Waals surface area (Å²) in [5, 5.41) is 11.8. The smallest absolute Gasteiger partial charge is 0.262 e. The Morgan fingerprint density at radius 3 is 2.74 bits per heavy atom. The molecule has 0 atom stereocenters. The molecule has 2 aromatic rings. The average molecular weight is 308 g/mol. The van der Waals surface area contributed by atoms with Crippen LogP contribution in [-0.4, -0.2) is 12.5 Å². The quantitative estimate of drug-likeness (QED) is 0.484. The van der Waals surface area contributed by atoms with Crippen LogP contribution in [0.25, 0.3) is 6.08 Å². The third kappa shape index (κ3) is 4.90. The molecule has 1 aromatic carbocycles. The minimum atomic E-state index is -0.448. The highest BCUT2D eigenvalue weighted by Crippen LogP contribution is 2.14. The van der Waals surface area contributed by atoms with Gasteiger partial charge in [0.25, 0.3) is 5.91 Å². The van der Waals surface area contributed by atoms with Crippen LogP contribution in [0.1, 0.15) is 11.3 Å². The van der Waals surface area contributed by atoms with Crippen molar-refractivity contribution in [2.24, 2.45) is 0 Å². The molecule has 0 fully saturated rings. The van der Waals surface area contributed by atoms with Crippen LogP contribution in [0.15, 0.2) is 65.3 Å². The van der Waals surface area contributed by atoms with Crippen LogP contribution in [0.4, 0.5) is 0 Å². The van der Waals surface area contributed by atoms with Crippen LogP contribution in [0, 0.1) is 11.3 Å². The first-order valence-corrected chi connectivity index (χ1v) is 6.99. The van der Waals surface area contributed by atoms with Crippen molar-refractivity contribution in [1.29, 1.82) is 5.26 Å². The highest BCUT2D eigenvalue weighted by Gasteiger charge is 2.09. The van der Waals surface area contributed by atoms with Crippen molar-refractivity contribution < 1.29 is 13.9 Å². The third-order valence-electron chi connectivity index (χ3n) is 2.93. The third-order valence-corrected chi connectivity index (χ3v) is 2.93. The monoisotopic (exact) mass is 308 g/mol. The number of hydrogen-bond acceptors (Lipinski definition) is 4. The van der Waals surface area contributed by atoms with Crippen LogP contribution >= 0.6 is 0 Å². The van der Waals surface area contributed by atoms with Crippen molar-refractivity contribution in [1.82, 2.24) is 5.32 Å². The summed E-state index contributed by atoms with van der Waals surface area (Å²) in [6.07, 6.45) is 4.71. The topological polar surface area (TPSA) is 75.3 Å². The molecule has 1 N–H and O–H groups in total. The van der Waals surface area contributed by atoms with E-state index in [1.165, 1.54) is 12.3 Å². The summed E-state index contributed by atoms with van der Waals surface area (Å²) in [5.74, 6) is 0.873. The summed E-state index contributed by atoms with van der Waals surface area (Å²) in [4.78, 5) is 12.0. The largest absolute Gasteiger partial charge is 0.490 e. The highest BCUT2D eigenvalue weighted by atomic mass is 16.5. The van der Waals surface area contributed by atoms with E-state index < -0.39 is 5.91 Å². The van der Waals surface area contributed by atoms with Crippen LogP contribution < -0.4 is 10.1 Å². The SMILES string of the molecule is C=CCOc1ccc(/C=C(\C#N)C(=O)NCc2ccco2)cc1. The molecule has 0 spiro atoms. The summed E-state index contributed by atoms with van der Waals surface area (Å²) in [6.45, 7) is 4.24. The number of furan rings is 1. The molecule has 0 aliphatic rings. The van der Waals surface area contributed by atoms with Crippen LogP contribution in [-0.2, 0) is 11.3 Å². The second-order valence-electron chi connectivity index (χ2n) is 4.60. The molecule has 0 unspecified atom stereocenters. The molecule has 5 nitrogen and oxygen atoms in total. The standard InChI is InChI=1S/C18H16N2O3/c1-2-9-22-16-7-5-14(6-8-16)11-15(12-19)18(21)20-13-17-4-3-10-23-17/h2-8,10-11H,1,9,13H2,(H,20,21)/b15-11+. The zero-order valence-corrected chi connectivity index (χ0v) is 12.5. The van der Waals surface area contributed by atoms with Crippen LogP contribution in [0.2, 0.25) is 0 Å². The first-order chi connectivity index (χ1) is 11.2. The molecule has 116 valence electrons. The first kappa shape index (κ1) is 16.1. The number of carbonyl (C=O) groups excluding carboxylic acids is 1. The van der Waals surface area contributed by atoms with E-state index in [9.17, 15) is 4.79 Å². The van der Waals surface area contributed by atoms with Gasteiger partial charge in [-0.1, -0.05) is 24.8 Å². The van der Waals surface area contributed by atoms with Crippen LogP contribution in [0.5, 0.6) is 5.75 Å². The van der Waals surface area contributed by atoms with Crippen molar-refractivity contribution >= 4 is 12.0 Å². The maximum absolute atomic E-state index is 12.0. The number of nitrogens with one attached hydrogen (secondary N) is 1. The first-order valence-electron chi connectivity index (χ1n) is 6.99. The fourth-order valence-electron chi connectivity index (χ4n) is 1.81.